The van der Waals surface area contributed by atoms with Gasteiger partial charge in [-0.25, -0.2) is 0 Å². The number of hydrogen-bond acceptors (Lipinski definition) is 3. The Balaban J connectivity index is 3.59. The van der Waals surface area contributed by atoms with Crippen molar-refractivity contribution in [3.05, 3.63) is 0 Å². The van der Waals surface area contributed by atoms with Crippen LogP contribution in [0.2, 0.25) is 0 Å². The molecule has 4 nitrogen and oxygen atoms in total. The van der Waals surface area contributed by atoms with Crippen molar-refractivity contribution in [1.29, 1.82) is 0 Å². The fraction of sp³-hybridized carbons (Fsp3) is 0.923. The molecule has 0 heterocycles. The van der Waals surface area contributed by atoms with Crippen molar-refractivity contribution in [1.82, 2.24) is 10.2 Å². The van der Waals surface area contributed by atoms with E-state index in [-0.39, 0.29) is 11.9 Å². The number of carbonyl (C=O) groups excluding carboxylic acids is 1. The summed E-state index contributed by atoms with van der Waals surface area (Å²) < 4.78 is 0. The molecule has 1 unspecified atom stereocenters. The zero-order chi connectivity index (χ0) is 13.4. The Bertz CT molecular complexity index is 217. The molecule has 0 fully saturated rings. The van der Waals surface area contributed by atoms with E-state index in [1.54, 1.807) is 0 Å². The average Bonchev–Trinajstić information content (AvgIpc) is 2.23. The fourth-order valence-electron chi connectivity index (χ4n) is 1.34. The maximum atomic E-state index is 11.5. The second-order valence-corrected chi connectivity index (χ2v) is 5.39. The Labute approximate surface area is 106 Å². The molecule has 0 aromatic carbocycles. The molecule has 0 aliphatic carbocycles. The first-order chi connectivity index (χ1) is 7.84. The lowest BCUT2D eigenvalue weighted by Crippen LogP contribution is -2.36. The van der Waals surface area contributed by atoms with E-state index in [4.69, 9.17) is 5.73 Å². The van der Waals surface area contributed by atoms with Crippen molar-refractivity contribution in [2.75, 3.05) is 20.1 Å². The molecule has 0 bridgehead atoms. The van der Waals surface area contributed by atoms with Crippen LogP contribution in [0.25, 0.3) is 0 Å². The number of nitrogens with one attached hydrogen (secondary N) is 1. The van der Waals surface area contributed by atoms with Gasteiger partial charge in [0.15, 0.2) is 0 Å². The first-order valence-corrected chi connectivity index (χ1v) is 6.57. The largest absolute Gasteiger partial charge is 0.356 e. The molecule has 0 spiro atoms. The maximum Gasteiger partial charge on any atom is 0.221 e. The zero-order valence-corrected chi connectivity index (χ0v) is 12.0. The van der Waals surface area contributed by atoms with E-state index in [0.29, 0.717) is 18.4 Å². The molecule has 0 aliphatic heterocycles. The van der Waals surface area contributed by atoms with Gasteiger partial charge in [-0.15, -0.1) is 0 Å². The summed E-state index contributed by atoms with van der Waals surface area (Å²) in [5, 5.41) is 2.92. The van der Waals surface area contributed by atoms with Gasteiger partial charge in [-0.05, 0) is 39.8 Å². The van der Waals surface area contributed by atoms with Gasteiger partial charge in [0.05, 0.1) is 0 Å². The van der Waals surface area contributed by atoms with Crippen LogP contribution in [-0.2, 0) is 4.79 Å². The van der Waals surface area contributed by atoms with Crippen molar-refractivity contribution >= 4 is 5.91 Å². The SMILES string of the molecule is CC(C)C(N)CC(=O)NCCCN(C)C(C)C. The summed E-state index contributed by atoms with van der Waals surface area (Å²) in [4.78, 5) is 13.8. The fourth-order valence-corrected chi connectivity index (χ4v) is 1.34. The Kier molecular flexibility index (Phi) is 8.17. The number of rotatable bonds is 8. The normalized spacial score (nSPS) is 13.5. The predicted molar refractivity (Wildman–Crippen MR) is 72.8 cm³/mol. The minimum Gasteiger partial charge on any atom is -0.356 e. The van der Waals surface area contributed by atoms with Gasteiger partial charge in [0.2, 0.25) is 5.91 Å². The number of nitrogens with two attached hydrogens (primary N) is 1. The van der Waals surface area contributed by atoms with Crippen LogP contribution in [0.3, 0.4) is 0 Å². The molecular weight excluding hydrogens is 214 g/mol. The smallest absolute Gasteiger partial charge is 0.221 e. The molecule has 1 atom stereocenters. The molecule has 1 amide bonds. The van der Waals surface area contributed by atoms with E-state index in [1.165, 1.54) is 0 Å². The van der Waals surface area contributed by atoms with E-state index in [0.717, 1.165) is 19.5 Å². The van der Waals surface area contributed by atoms with E-state index < -0.39 is 0 Å². The third-order valence-electron chi connectivity index (χ3n) is 3.17. The molecule has 17 heavy (non-hydrogen) atoms. The van der Waals surface area contributed by atoms with E-state index in [1.807, 2.05) is 13.8 Å². The molecule has 0 radical (unpaired) electrons. The average molecular weight is 243 g/mol. The van der Waals surface area contributed by atoms with Gasteiger partial charge in [-0.2, -0.15) is 0 Å². The van der Waals surface area contributed by atoms with Crippen molar-refractivity contribution < 1.29 is 4.79 Å². The lowest BCUT2D eigenvalue weighted by Gasteiger charge is -2.21. The third-order valence-corrected chi connectivity index (χ3v) is 3.17. The van der Waals surface area contributed by atoms with Crippen LogP contribution >= 0.6 is 0 Å². The van der Waals surface area contributed by atoms with Gasteiger partial charge < -0.3 is 16.0 Å². The molecule has 0 aromatic heterocycles. The van der Waals surface area contributed by atoms with Gasteiger partial charge in [0.1, 0.15) is 0 Å². The lowest BCUT2D eigenvalue weighted by molar-refractivity contribution is -0.121. The van der Waals surface area contributed by atoms with E-state index >= 15 is 0 Å². The molecule has 0 saturated carbocycles. The highest BCUT2D eigenvalue weighted by molar-refractivity contribution is 5.76. The Hall–Kier alpha value is -0.610. The first-order valence-electron chi connectivity index (χ1n) is 6.57. The highest BCUT2D eigenvalue weighted by atomic mass is 16.1. The molecule has 4 heteroatoms. The van der Waals surface area contributed by atoms with Crippen LogP contribution in [0, 0.1) is 5.92 Å². The quantitative estimate of drug-likeness (QED) is 0.630. The van der Waals surface area contributed by atoms with Crippen LogP contribution in [0.1, 0.15) is 40.5 Å². The van der Waals surface area contributed by atoms with E-state index in [2.05, 4.69) is 31.1 Å². The van der Waals surface area contributed by atoms with Crippen molar-refractivity contribution in [3.8, 4) is 0 Å². The van der Waals surface area contributed by atoms with Crippen LogP contribution in [0.4, 0.5) is 0 Å². The monoisotopic (exact) mass is 243 g/mol. The summed E-state index contributed by atoms with van der Waals surface area (Å²) in [6.07, 6.45) is 1.41. The zero-order valence-electron chi connectivity index (χ0n) is 12.0. The first kappa shape index (κ1) is 16.4. The topological polar surface area (TPSA) is 58.4 Å². The Morgan fingerprint density at radius 3 is 2.35 bits per heavy atom. The molecule has 102 valence electrons. The summed E-state index contributed by atoms with van der Waals surface area (Å²) in [5.74, 6) is 0.422. The van der Waals surface area contributed by atoms with Crippen molar-refractivity contribution in [2.24, 2.45) is 11.7 Å². The summed E-state index contributed by atoms with van der Waals surface area (Å²) in [6.45, 7) is 10.2. The molecule has 0 saturated heterocycles. The predicted octanol–water partition coefficient (Wildman–Crippen LogP) is 1.21. The van der Waals surface area contributed by atoms with Crippen molar-refractivity contribution in [3.63, 3.8) is 0 Å². The maximum absolute atomic E-state index is 11.5. The van der Waals surface area contributed by atoms with Crippen LogP contribution in [0.5, 0.6) is 0 Å². The number of carbonyl (C=O) groups is 1. The highest BCUT2D eigenvalue weighted by Crippen LogP contribution is 2.02. The highest BCUT2D eigenvalue weighted by Gasteiger charge is 2.12. The number of amides is 1. The molecule has 3 N–H and O–H groups in total. The molecule has 0 rings (SSSR count). The molecule has 0 aromatic rings. The standard InChI is InChI=1S/C13H29N3O/c1-10(2)12(14)9-13(17)15-7-6-8-16(5)11(3)4/h10-12H,6-9,14H2,1-5H3,(H,15,17). The minimum absolute atomic E-state index is 0.0339. The van der Waals surface area contributed by atoms with Gasteiger partial charge >= 0.3 is 0 Å². The number of nitrogens with zero attached hydrogens (tertiary/aromatic N) is 1. The summed E-state index contributed by atoms with van der Waals surface area (Å²) in [6, 6.07) is 0.522. The lowest BCUT2D eigenvalue weighted by atomic mass is 10.0. The van der Waals surface area contributed by atoms with Crippen molar-refractivity contribution in [2.45, 2.75) is 52.6 Å². The molecule has 0 aliphatic rings. The minimum atomic E-state index is -0.0339. The van der Waals surface area contributed by atoms with Gasteiger partial charge in [-0.1, -0.05) is 13.8 Å². The summed E-state index contributed by atoms with van der Waals surface area (Å²) >= 11 is 0. The third kappa shape index (κ3) is 8.16. The Morgan fingerprint density at radius 1 is 1.29 bits per heavy atom. The van der Waals surface area contributed by atoms with Crippen LogP contribution < -0.4 is 11.1 Å². The van der Waals surface area contributed by atoms with Gasteiger partial charge in [-0.3, -0.25) is 4.79 Å². The van der Waals surface area contributed by atoms with Crippen LogP contribution in [-0.4, -0.2) is 43.0 Å². The molecular formula is C13H29N3O. The second-order valence-electron chi connectivity index (χ2n) is 5.39. The Morgan fingerprint density at radius 2 is 1.88 bits per heavy atom. The van der Waals surface area contributed by atoms with Gasteiger partial charge in [0, 0.05) is 25.0 Å². The second kappa shape index (κ2) is 8.48. The van der Waals surface area contributed by atoms with E-state index in [9.17, 15) is 4.79 Å². The summed E-state index contributed by atoms with van der Waals surface area (Å²) in [5.41, 5.74) is 5.84. The van der Waals surface area contributed by atoms with Crippen LogP contribution in [0.15, 0.2) is 0 Å². The summed E-state index contributed by atoms with van der Waals surface area (Å²) in [7, 11) is 2.10. The van der Waals surface area contributed by atoms with Gasteiger partial charge in [0.25, 0.3) is 0 Å². The number of hydrogen-bond donors (Lipinski definition) is 2.